The minimum absolute atomic E-state index is 0. The largest absolute Gasteiger partial charge is 1.00 e. The number of benzene rings is 4. The molecule has 0 amide bonds. The van der Waals surface area contributed by atoms with Crippen molar-refractivity contribution in [2.75, 3.05) is 0 Å². The predicted molar refractivity (Wildman–Crippen MR) is 168 cm³/mol. The molecule has 6 rings (SSSR count). The predicted octanol–water partition coefficient (Wildman–Crippen LogP) is 1.23. The van der Waals surface area contributed by atoms with Crippen LogP contribution in [0.5, 0.6) is 11.5 Å². The van der Waals surface area contributed by atoms with E-state index in [-0.39, 0.29) is 41.2 Å². The molecule has 1 N–H and O–H groups in total. The molecule has 2 aromatic heterocycles. The summed E-state index contributed by atoms with van der Waals surface area (Å²) in [5, 5.41) is 24.9. The van der Waals surface area contributed by atoms with Gasteiger partial charge in [0.1, 0.15) is 16.6 Å². The monoisotopic (exact) mass is 596 g/mol. The van der Waals surface area contributed by atoms with Crippen LogP contribution in [0, 0.1) is 0 Å². The van der Waals surface area contributed by atoms with Gasteiger partial charge in [0.15, 0.2) is 14.3 Å². The van der Waals surface area contributed by atoms with E-state index in [2.05, 4.69) is 9.97 Å². The number of aromatic hydroxyl groups is 1. The van der Waals surface area contributed by atoms with Crippen molar-refractivity contribution in [3.05, 3.63) is 158 Å². The second-order valence-corrected chi connectivity index (χ2v) is 14.6. The molecule has 43 heavy (non-hydrogen) atoms. The van der Waals surface area contributed by atoms with Gasteiger partial charge in [-0.2, -0.15) is 0 Å². The Morgan fingerprint density at radius 1 is 0.465 bits per heavy atom. The molecule has 0 spiro atoms. The van der Waals surface area contributed by atoms with Crippen LogP contribution in [-0.4, -0.2) is 15.1 Å². The summed E-state index contributed by atoms with van der Waals surface area (Å²) in [7, 11) is -6.41. The zero-order valence-electron chi connectivity index (χ0n) is 23.5. The molecule has 0 bridgehead atoms. The van der Waals surface area contributed by atoms with Gasteiger partial charge >= 0.3 is 18.9 Å². The van der Waals surface area contributed by atoms with E-state index in [1.165, 1.54) is 18.3 Å². The van der Waals surface area contributed by atoms with E-state index in [0.29, 0.717) is 21.2 Å². The van der Waals surface area contributed by atoms with Gasteiger partial charge in [0.25, 0.3) is 0 Å². The Morgan fingerprint density at radius 2 is 0.791 bits per heavy atom. The quantitative estimate of drug-likeness (QED) is 0.229. The van der Waals surface area contributed by atoms with E-state index in [1.807, 2.05) is 97.1 Å². The molecular formula is C34H27LiN2O4P2. The Hall–Kier alpha value is -4.16. The molecule has 0 unspecified atom stereocenters. The van der Waals surface area contributed by atoms with Crippen molar-refractivity contribution >= 4 is 46.4 Å². The molecule has 0 atom stereocenters. The Morgan fingerprint density at radius 3 is 1.14 bits per heavy atom. The molecule has 6 nitrogen and oxygen atoms in total. The third kappa shape index (κ3) is 6.60. The van der Waals surface area contributed by atoms with Gasteiger partial charge in [-0.25, -0.2) is 4.98 Å². The summed E-state index contributed by atoms with van der Waals surface area (Å²) >= 11 is 0. The average Bonchev–Trinajstić information content (AvgIpc) is 3.06. The first-order valence-corrected chi connectivity index (χ1v) is 16.6. The fourth-order valence-electron chi connectivity index (χ4n) is 4.59. The van der Waals surface area contributed by atoms with E-state index in [4.69, 9.17) is 0 Å². The Kier molecular flexibility index (Phi) is 10.6. The number of rotatable bonds is 6. The minimum Gasteiger partial charge on any atom is -0.871 e. The maximum Gasteiger partial charge on any atom is 1.00 e. The van der Waals surface area contributed by atoms with E-state index in [1.54, 1.807) is 42.6 Å². The second-order valence-electron chi connectivity index (χ2n) is 9.23. The summed E-state index contributed by atoms with van der Waals surface area (Å²) in [5.74, 6) is -0.345. The second kappa shape index (κ2) is 14.3. The first-order valence-electron chi connectivity index (χ1n) is 13.2. The molecule has 0 saturated heterocycles. The standard InChI is InChI=1S/2C17H14NO2P.Li/c2*19-16-12-7-13-18-17(16)21(20,14-8-3-1-4-9-14)15-10-5-2-6-11-15;/h2*1-13,19H;/q;;+1/p-1. The van der Waals surface area contributed by atoms with Gasteiger partial charge in [0.2, 0.25) is 0 Å². The van der Waals surface area contributed by atoms with Gasteiger partial charge in [0, 0.05) is 33.6 Å². The first kappa shape index (κ1) is 31.8. The molecule has 6 aromatic rings. The van der Waals surface area contributed by atoms with Gasteiger partial charge < -0.3 is 19.3 Å². The minimum atomic E-state index is -3.24. The molecule has 4 aromatic carbocycles. The van der Waals surface area contributed by atoms with Gasteiger partial charge in [-0.1, -0.05) is 133 Å². The molecule has 0 saturated carbocycles. The van der Waals surface area contributed by atoms with Crippen molar-refractivity contribution in [1.82, 2.24) is 9.97 Å². The smallest absolute Gasteiger partial charge is 0.871 e. The Labute approximate surface area is 263 Å². The molecular weight excluding hydrogens is 569 g/mol. The van der Waals surface area contributed by atoms with Crippen LogP contribution in [0.1, 0.15) is 0 Å². The van der Waals surface area contributed by atoms with E-state index >= 15 is 0 Å². The number of pyridine rings is 2. The number of hydrogen-bond donors (Lipinski definition) is 1. The molecule has 0 aliphatic heterocycles. The number of aromatic nitrogens is 2. The Bertz CT molecular complexity index is 1630. The van der Waals surface area contributed by atoms with Crippen molar-refractivity contribution in [3.63, 3.8) is 0 Å². The SMILES string of the molecule is O=P(c1ccccc1)(c1ccccc1)c1ncccc1O.O=P(c1ccccc1)(c1ccccc1)c1ncccc1[O-].[Li+]. The first-order chi connectivity index (χ1) is 20.5. The van der Waals surface area contributed by atoms with E-state index < -0.39 is 14.3 Å². The summed E-state index contributed by atoms with van der Waals surface area (Å²) < 4.78 is 27.6. The molecule has 9 heteroatoms. The van der Waals surface area contributed by atoms with Crippen molar-refractivity contribution in [2.45, 2.75) is 0 Å². The average molecular weight is 596 g/mol. The number of hydrogen-bond acceptors (Lipinski definition) is 6. The Balaban J connectivity index is 0.000000192. The van der Waals surface area contributed by atoms with Crippen molar-refractivity contribution < 1.29 is 38.2 Å². The van der Waals surface area contributed by atoms with E-state index in [9.17, 15) is 19.3 Å². The normalized spacial score (nSPS) is 11.0. The van der Waals surface area contributed by atoms with Gasteiger partial charge in [-0.15, -0.1) is 0 Å². The van der Waals surface area contributed by atoms with Gasteiger partial charge in [0.05, 0.1) is 0 Å². The number of nitrogens with zero attached hydrogens (tertiary/aromatic N) is 2. The third-order valence-corrected chi connectivity index (χ3v) is 12.6. The van der Waals surface area contributed by atoms with Crippen LogP contribution < -0.4 is 56.1 Å². The molecule has 0 aliphatic carbocycles. The maximum absolute atomic E-state index is 13.8. The molecule has 0 fully saturated rings. The van der Waals surface area contributed by atoms with Crippen molar-refractivity contribution in [2.24, 2.45) is 0 Å². The van der Waals surface area contributed by atoms with Crippen LogP contribution in [0.2, 0.25) is 0 Å². The van der Waals surface area contributed by atoms with Crippen LogP contribution in [0.15, 0.2) is 158 Å². The fraction of sp³-hybridized carbons (Fsp3) is 0. The summed E-state index contributed by atoms with van der Waals surface area (Å²) in [6.45, 7) is 0. The van der Waals surface area contributed by atoms with Crippen molar-refractivity contribution in [3.8, 4) is 11.5 Å². The summed E-state index contributed by atoms with van der Waals surface area (Å²) in [6, 6.07) is 42.5. The molecule has 0 aliphatic rings. The summed E-state index contributed by atoms with van der Waals surface area (Å²) in [6.07, 6.45) is 3.06. The maximum atomic E-state index is 13.8. The van der Waals surface area contributed by atoms with Crippen LogP contribution in [0.4, 0.5) is 0 Å². The fourth-order valence-corrected chi connectivity index (χ4v) is 9.77. The van der Waals surface area contributed by atoms with Crippen molar-refractivity contribution in [1.29, 1.82) is 0 Å². The van der Waals surface area contributed by atoms with Crippen LogP contribution in [0.3, 0.4) is 0 Å². The van der Waals surface area contributed by atoms with Gasteiger partial charge in [-0.3, -0.25) is 4.98 Å². The van der Waals surface area contributed by atoms with Crippen LogP contribution in [-0.2, 0) is 9.13 Å². The molecule has 208 valence electrons. The molecule has 2 heterocycles. The third-order valence-electron chi connectivity index (χ3n) is 6.59. The van der Waals surface area contributed by atoms with E-state index in [0.717, 1.165) is 0 Å². The summed E-state index contributed by atoms with van der Waals surface area (Å²) in [5.41, 5.74) is 0.338. The zero-order valence-corrected chi connectivity index (χ0v) is 25.3. The van der Waals surface area contributed by atoms with Crippen LogP contribution in [0.25, 0.3) is 0 Å². The molecule has 0 radical (unpaired) electrons. The zero-order chi connectivity index (χ0) is 29.4. The van der Waals surface area contributed by atoms with Crippen LogP contribution >= 0.6 is 14.3 Å². The van der Waals surface area contributed by atoms with Gasteiger partial charge in [-0.05, 0) is 18.2 Å². The summed E-state index contributed by atoms with van der Waals surface area (Å²) in [4.78, 5) is 8.32. The topological polar surface area (TPSA) is 103 Å².